The van der Waals surface area contributed by atoms with Crippen molar-refractivity contribution in [1.82, 2.24) is 10.3 Å². The normalized spacial score (nSPS) is 12.2. The molecular formula is C15H17BrN2O2. The van der Waals surface area contributed by atoms with Crippen LogP contribution in [0.1, 0.15) is 34.7 Å². The Morgan fingerprint density at radius 3 is 2.80 bits per heavy atom. The van der Waals surface area contributed by atoms with Crippen molar-refractivity contribution in [2.24, 2.45) is 0 Å². The molecular weight excluding hydrogens is 320 g/mol. The Morgan fingerprint density at radius 1 is 1.35 bits per heavy atom. The maximum Gasteiger partial charge on any atom is 0.354 e. The molecule has 0 spiro atoms. The summed E-state index contributed by atoms with van der Waals surface area (Å²) in [6.07, 6.45) is 0. The SMILES string of the molecule is COC(=O)c1ccc(CN[C@H](C)c2ccccc2Br)[nH]1. The van der Waals surface area contributed by atoms with Crippen LogP contribution in [0, 0.1) is 0 Å². The number of benzene rings is 1. The van der Waals surface area contributed by atoms with E-state index in [-0.39, 0.29) is 12.0 Å². The number of carbonyl (C=O) groups is 1. The first-order valence-corrected chi connectivity index (χ1v) is 7.15. The molecule has 2 aromatic rings. The Balaban J connectivity index is 1.97. The molecule has 2 rings (SSSR count). The quantitative estimate of drug-likeness (QED) is 0.822. The Kier molecular flexibility index (Phi) is 4.98. The van der Waals surface area contributed by atoms with Gasteiger partial charge in [0.25, 0.3) is 0 Å². The van der Waals surface area contributed by atoms with Crippen molar-refractivity contribution >= 4 is 21.9 Å². The van der Waals surface area contributed by atoms with Crippen LogP contribution in [0.15, 0.2) is 40.9 Å². The molecule has 0 amide bonds. The first-order chi connectivity index (χ1) is 9.61. The summed E-state index contributed by atoms with van der Waals surface area (Å²) < 4.78 is 5.75. The van der Waals surface area contributed by atoms with Crippen LogP contribution in [0.4, 0.5) is 0 Å². The summed E-state index contributed by atoms with van der Waals surface area (Å²) >= 11 is 3.55. The highest BCUT2D eigenvalue weighted by Gasteiger charge is 2.10. The Bertz CT molecular complexity index is 595. The van der Waals surface area contributed by atoms with E-state index < -0.39 is 0 Å². The Labute approximate surface area is 126 Å². The molecule has 2 N–H and O–H groups in total. The lowest BCUT2D eigenvalue weighted by Gasteiger charge is -2.15. The predicted molar refractivity (Wildman–Crippen MR) is 81.5 cm³/mol. The zero-order valence-corrected chi connectivity index (χ0v) is 13.0. The van der Waals surface area contributed by atoms with Crippen LogP contribution in [0.3, 0.4) is 0 Å². The second-order valence-corrected chi connectivity index (χ2v) is 5.37. The van der Waals surface area contributed by atoms with Gasteiger partial charge in [0, 0.05) is 22.8 Å². The lowest BCUT2D eigenvalue weighted by molar-refractivity contribution is 0.0594. The average Bonchev–Trinajstić information content (AvgIpc) is 2.93. The standard InChI is InChI=1S/C15H17BrN2O2/c1-10(12-5-3-4-6-13(12)16)17-9-11-7-8-14(18-11)15(19)20-2/h3-8,10,17-18H,9H2,1-2H3/t10-/m1/s1. The van der Waals surface area contributed by atoms with E-state index in [0.29, 0.717) is 12.2 Å². The van der Waals surface area contributed by atoms with Crippen molar-refractivity contribution in [2.75, 3.05) is 7.11 Å². The van der Waals surface area contributed by atoms with Crippen molar-refractivity contribution in [3.63, 3.8) is 0 Å². The van der Waals surface area contributed by atoms with Crippen molar-refractivity contribution in [1.29, 1.82) is 0 Å². The third-order valence-corrected chi connectivity index (χ3v) is 3.84. The van der Waals surface area contributed by atoms with Gasteiger partial charge in [-0.15, -0.1) is 0 Å². The van der Waals surface area contributed by atoms with E-state index in [1.54, 1.807) is 6.07 Å². The highest BCUT2D eigenvalue weighted by atomic mass is 79.9. The van der Waals surface area contributed by atoms with Gasteiger partial charge in [-0.1, -0.05) is 34.1 Å². The van der Waals surface area contributed by atoms with Gasteiger partial charge in [-0.2, -0.15) is 0 Å². The number of ether oxygens (including phenoxy) is 1. The fraction of sp³-hybridized carbons (Fsp3) is 0.267. The number of halogens is 1. The molecule has 4 nitrogen and oxygen atoms in total. The Hall–Kier alpha value is -1.59. The molecule has 0 aliphatic carbocycles. The molecule has 0 fully saturated rings. The van der Waals surface area contributed by atoms with E-state index in [2.05, 4.69) is 44.0 Å². The second kappa shape index (κ2) is 6.72. The second-order valence-electron chi connectivity index (χ2n) is 4.51. The molecule has 0 saturated carbocycles. The monoisotopic (exact) mass is 336 g/mol. The van der Waals surface area contributed by atoms with Gasteiger partial charge in [0.05, 0.1) is 7.11 Å². The maximum absolute atomic E-state index is 11.4. The van der Waals surface area contributed by atoms with Crippen LogP contribution in [0.2, 0.25) is 0 Å². The van der Waals surface area contributed by atoms with E-state index in [1.807, 2.05) is 24.3 Å². The molecule has 1 aromatic heterocycles. The minimum Gasteiger partial charge on any atom is -0.464 e. The van der Waals surface area contributed by atoms with Gasteiger partial charge in [0.2, 0.25) is 0 Å². The van der Waals surface area contributed by atoms with Gasteiger partial charge < -0.3 is 15.0 Å². The van der Waals surface area contributed by atoms with Gasteiger partial charge in [-0.05, 0) is 30.7 Å². The van der Waals surface area contributed by atoms with Crippen LogP contribution >= 0.6 is 15.9 Å². The number of methoxy groups -OCH3 is 1. The third-order valence-electron chi connectivity index (χ3n) is 3.12. The summed E-state index contributed by atoms with van der Waals surface area (Å²) in [6, 6.07) is 11.9. The van der Waals surface area contributed by atoms with Crippen molar-refractivity contribution in [3.8, 4) is 0 Å². The number of aromatic amines is 1. The van der Waals surface area contributed by atoms with Crippen molar-refractivity contribution in [2.45, 2.75) is 19.5 Å². The molecule has 0 aliphatic heterocycles. The van der Waals surface area contributed by atoms with E-state index in [9.17, 15) is 4.79 Å². The minimum atomic E-state index is -0.352. The number of nitrogens with one attached hydrogen (secondary N) is 2. The summed E-state index contributed by atoms with van der Waals surface area (Å²) in [4.78, 5) is 14.4. The van der Waals surface area contributed by atoms with Gasteiger partial charge in [0.15, 0.2) is 0 Å². The van der Waals surface area contributed by atoms with Gasteiger partial charge in [0.1, 0.15) is 5.69 Å². The zero-order chi connectivity index (χ0) is 14.5. The number of H-pyrrole nitrogens is 1. The molecule has 1 heterocycles. The van der Waals surface area contributed by atoms with E-state index in [1.165, 1.54) is 12.7 Å². The van der Waals surface area contributed by atoms with Crippen LogP contribution in [0.25, 0.3) is 0 Å². The molecule has 5 heteroatoms. The zero-order valence-electron chi connectivity index (χ0n) is 11.4. The summed E-state index contributed by atoms with van der Waals surface area (Å²) in [5.74, 6) is -0.352. The molecule has 1 aromatic carbocycles. The fourth-order valence-corrected chi connectivity index (χ4v) is 2.60. The summed E-state index contributed by atoms with van der Waals surface area (Å²) in [6.45, 7) is 2.75. The minimum absolute atomic E-state index is 0.204. The summed E-state index contributed by atoms with van der Waals surface area (Å²) in [5.41, 5.74) is 2.62. The number of hydrogen-bond acceptors (Lipinski definition) is 3. The first kappa shape index (κ1) is 14.8. The van der Waals surface area contributed by atoms with E-state index >= 15 is 0 Å². The van der Waals surface area contributed by atoms with Gasteiger partial charge >= 0.3 is 5.97 Å². The van der Waals surface area contributed by atoms with Crippen LogP contribution < -0.4 is 5.32 Å². The number of esters is 1. The molecule has 0 bridgehead atoms. The number of rotatable bonds is 5. The predicted octanol–water partition coefficient (Wildman–Crippen LogP) is 3.41. The number of hydrogen-bond donors (Lipinski definition) is 2. The molecule has 20 heavy (non-hydrogen) atoms. The summed E-state index contributed by atoms with van der Waals surface area (Å²) in [7, 11) is 1.37. The first-order valence-electron chi connectivity index (χ1n) is 6.36. The van der Waals surface area contributed by atoms with Crippen LogP contribution in [-0.2, 0) is 11.3 Å². The highest BCUT2D eigenvalue weighted by molar-refractivity contribution is 9.10. The number of carbonyl (C=O) groups excluding carboxylic acids is 1. The smallest absolute Gasteiger partial charge is 0.354 e. The van der Waals surface area contributed by atoms with E-state index in [0.717, 1.165) is 10.2 Å². The van der Waals surface area contributed by atoms with Gasteiger partial charge in [-0.25, -0.2) is 4.79 Å². The largest absolute Gasteiger partial charge is 0.464 e. The molecule has 1 atom stereocenters. The average molecular weight is 337 g/mol. The fourth-order valence-electron chi connectivity index (χ4n) is 1.97. The van der Waals surface area contributed by atoms with Crippen LogP contribution in [0.5, 0.6) is 0 Å². The molecule has 0 radical (unpaired) electrons. The third kappa shape index (κ3) is 3.49. The number of aromatic nitrogens is 1. The molecule has 106 valence electrons. The molecule has 0 unspecified atom stereocenters. The summed E-state index contributed by atoms with van der Waals surface area (Å²) in [5, 5.41) is 3.41. The molecule has 0 saturated heterocycles. The van der Waals surface area contributed by atoms with Gasteiger partial charge in [-0.3, -0.25) is 0 Å². The van der Waals surface area contributed by atoms with Crippen molar-refractivity contribution < 1.29 is 9.53 Å². The Morgan fingerprint density at radius 2 is 2.10 bits per heavy atom. The molecule has 0 aliphatic rings. The lowest BCUT2D eigenvalue weighted by atomic mass is 10.1. The van der Waals surface area contributed by atoms with Crippen LogP contribution in [-0.4, -0.2) is 18.1 Å². The topological polar surface area (TPSA) is 54.1 Å². The van der Waals surface area contributed by atoms with E-state index in [4.69, 9.17) is 0 Å². The maximum atomic E-state index is 11.4. The van der Waals surface area contributed by atoms with Crippen molar-refractivity contribution in [3.05, 3.63) is 57.8 Å². The highest BCUT2D eigenvalue weighted by Crippen LogP contribution is 2.22. The lowest BCUT2D eigenvalue weighted by Crippen LogP contribution is -2.18.